The maximum absolute atomic E-state index is 10.5. The Kier molecular flexibility index (Phi) is 7.20. The second-order valence-corrected chi connectivity index (χ2v) is 4.30. The molecule has 0 radical (unpaired) electrons. The van der Waals surface area contributed by atoms with Crippen LogP contribution in [0.15, 0.2) is 0 Å². The molecule has 0 saturated carbocycles. The molecule has 0 rings (SSSR count). The third-order valence-corrected chi connectivity index (χ3v) is 1.65. The van der Waals surface area contributed by atoms with E-state index in [1.54, 1.807) is 0 Å². The van der Waals surface area contributed by atoms with E-state index in [0.29, 0.717) is 6.54 Å². The first-order valence-corrected chi connectivity index (χ1v) is 4.90. The normalized spacial score (nSPS) is 11.3. The lowest BCUT2D eigenvalue weighted by Gasteiger charge is -2.08. The quantitative estimate of drug-likeness (QED) is 0.670. The summed E-state index contributed by atoms with van der Waals surface area (Å²) < 4.78 is 23.3. The highest BCUT2D eigenvalue weighted by molar-refractivity contribution is 7.88. The van der Waals surface area contributed by atoms with Crippen molar-refractivity contribution in [3.8, 4) is 0 Å². The Morgan fingerprint density at radius 3 is 2.09 bits per heavy atom. The maximum Gasteiger partial charge on any atom is 0.208 e. The Morgan fingerprint density at radius 2 is 1.82 bits per heavy atom. The minimum atomic E-state index is -3.00. The molecule has 0 amide bonds. The predicted molar refractivity (Wildman–Crippen MR) is 48.6 cm³/mol. The molecule has 0 aromatic heterocycles. The lowest BCUT2D eigenvalue weighted by atomic mass is 10.6. The lowest BCUT2D eigenvalue weighted by molar-refractivity contribution is 0.412. The summed E-state index contributed by atoms with van der Waals surface area (Å²) in [6.07, 6.45) is 1.16. The summed E-state index contributed by atoms with van der Waals surface area (Å²) in [6, 6.07) is 0. The van der Waals surface area contributed by atoms with E-state index in [1.807, 2.05) is 19.0 Å². The summed E-state index contributed by atoms with van der Waals surface area (Å²) in [7, 11) is 0.789. The first kappa shape index (κ1) is 13.7. The number of nitrogens with zero attached hydrogens (tertiary/aromatic N) is 1. The van der Waals surface area contributed by atoms with E-state index in [-0.39, 0.29) is 12.4 Å². The molecule has 0 aromatic carbocycles. The van der Waals surface area contributed by atoms with Crippen LogP contribution in [0.25, 0.3) is 0 Å². The zero-order valence-corrected chi connectivity index (χ0v) is 8.63. The van der Waals surface area contributed by atoms with Gasteiger partial charge in [-0.05, 0) is 14.1 Å². The summed E-state index contributed by atoms with van der Waals surface area (Å²) in [4.78, 5) is 1.91. The van der Waals surface area contributed by atoms with Gasteiger partial charge in [0.2, 0.25) is 10.0 Å². The molecular formula is C5H15ClN2O2S. The number of nitrogens with one attached hydrogen (secondary N) is 1. The zero-order valence-electron chi connectivity index (χ0n) is 6.99. The van der Waals surface area contributed by atoms with Crippen molar-refractivity contribution in [3.05, 3.63) is 0 Å². The zero-order chi connectivity index (χ0) is 8.20. The molecule has 6 heteroatoms. The Morgan fingerprint density at radius 1 is 1.36 bits per heavy atom. The van der Waals surface area contributed by atoms with Crippen molar-refractivity contribution in [2.45, 2.75) is 0 Å². The van der Waals surface area contributed by atoms with Crippen molar-refractivity contribution >= 4 is 22.4 Å². The van der Waals surface area contributed by atoms with Crippen LogP contribution in [0.1, 0.15) is 0 Å². The topological polar surface area (TPSA) is 49.4 Å². The number of sulfonamides is 1. The monoisotopic (exact) mass is 202 g/mol. The van der Waals surface area contributed by atoms with Crippen molar-refractivity contribution in [2.75, 3.05) is 33.4 Å². The van der Waals surface area contributed by atoms with Gasteiger partial charge in [0, 0.05) is 13.1 Å². The molecular weight excluding hydrogens is 188 g/mol. The van der Waals surface area contributed by atoms with Crippen LogP contribution < -0.4 is 4.72 Å². The molecule has 4 nitrogen and oxygen atoms in total. The molecule has 0 aromatic rings. The molecule has 11 heavy (non-hydrogen) atoms. The Bertz CT molecular complexity index is 179. The van der Waals surface area contributed by atoms with Gasteiger partial charge in [0.1, 0.15) is 0 Å². The van der Waals surface area contributed by atoms with Crippen LogP contribution in [-0.4, -0.2) is 46.8 Å². The number of hydrogen-bond acceptors (Lipinski definition) is 3. The van der Waals surface area contributed by atoms with Gasteiger partial charge in [-0.15, -0.1) is 12.4 Å². The third kappa shape index (κ3) is 13.2. The van der Waals surface area contributed by atoms with Gasteiger partial charge < -0.3 is 4.90 Å². The average Bonchev–Trinajstić information content (AvgIpc) is 1.59. The summed E-state index contributed by atoms with van der Waals surface area (Å²) in [5.74, 6) is 0. The standard InChI is InChI=1S/C5H14N2O2S.ClH/c1-7(2)5-4-6-10(3,8)9;/h6H,4-5H2,1-3H3;1H. The molecule has 0 atom stereocenters. The molecule has 0 heterocycles. The molecule has 0 aliphatic rings. The van der Waals surface area contributed by atoms with E-state index < -0.39 is 10.0 Å². The predicted octanol–water partition coefficient (Wildman–Crippen LogP) is -0.481. The second kappa shape index (κ2) is 5.77. The molecule has 0 spiro atoms. The van der Waals surface area contributed by atoms with Gasteiger partial charge in [-0.3, -0.25) is 0 Å². The van der Waals surface area contributed by atoms with Crippen molar-refractivity contribution in [3.63, 3.8) is 0 Å². The summed E-state index contributed by atoms with van der Waals surface area (Å²) in [5, 5.41) is 0. The number of rotatable bonds is 4. The molecule has 0 unspecified atom stereocenters. The summed E-state index contributed by atoms with van der Waals surface area (Å²) in [6.45, 7) is 1.21. The first-order valence-electron chi connectivity index (χ1n) is 3.01. The molecule has 0 aliphatic carbocycles. The first-order chi connectivity index (χ1) is 4.42. The molecule has 0 saturated heterocycles. The largest absolute Gasteiger partial charge is 0.308 e. The number of likely N-dealkylation sites (N-methyl/N-ethyl adjacent to an activating group) is 1. The number of halogens is 1. The van der Waals surface area contributed by atoms with Crippen LogP contribution in [-0.2, 0) is 10.0 Å². The van der Waals surface area contributed by atoms with Crippen LogP contribution in [0.3, 0.4) is 0 Å². The van der Waals surface area contributed by atoms with E-state index in [1.165, 1.54) is 0 Å². The smallest absolute Gasteiger partial charge is 0.208 e. The number of hydrogen-bond donors (Lipinski definition) is 1. The lowest BCUT2D eigenvalue weighted by Crippen LogP contribution is -2.30. The summed E-state index contributed by atoms with van der Waals surface area (Å²) in [5.41, 5.74) is 0. The van der Waals surface area contributed by atoms with E-state index in [2.05, 4.69) is 4.72 Å². The molecule has 0 fully saturated rings. The van der Waals surface area contributed by atoms with Crippen LogP contribution in [0.4, 0.5) is 0 Å². The minimum absolute atomic E-state index is 0. The fourth-order valence-corrected chi connectivity index (χ4v) is 0.917. The van der Waals surface area contributed by atoms with E-state index in [0.717, 1.165) is 12.8 Å². The second-order valence-electron chi connectivity index (χ2n) is 2.47. The molecule has 0 aliphatic heterocycles. The van der Waals surface area contributed by atoms with Crippen LogP contribution in [0, 0.1) is 0 Å². The Balaban J connectivity index is 0. The highest BCUT2D eigenvalue weighted by atomic mass is 35.5. The fourth-order valence-electron chi connectivity index (χ4n) is 0.455. The molecule has 70 valence electrons. The van der Waals surface area contributed by atoms with Gasteiger partial charge in [0.05, 0.1) is 6.26 Å². The maximum atomic E-state index is 10.5. The summed E-state index contributed by atoms with van der Waals surface area (Å²) >= 11 is 0. The fraction of sp³-hybridized carbons (Fsp3) is 1.00. The third-order valence-electron chi connectivity index (χ3n) is 0.923. The van der Waals surface area contributed by atoms with Crippen LogP contribution >= 0.6 is 12.4 Å². The van der Waals surface area contributed by atoms with Crippen molar-refractivity contribution in [2.24, 2.45) is 0 Å². The van der Waals surface area contributed by atoms with Crippen LogP contribution in [0.2, 0.25) is 0 Å². The van der Waals surface area contributed by atoms with Gasteiger partial charge >= 0.3 is 0 Å². The van der Waals surface area contributed by atoms with Gasteiger partial charge in [0.15, 0.2) is 0 Å². The highest BCUT2D eigenvalue weighted by Crippen LogP contribution is 1.74. The minimum Gasteiger partial charge on any atom is -0.308 e. The average molecular weight is 203 g/mol. The van der Waals surface area contributed by atoms with Gasteiger partial charge in [-0.1, -0.05) is 0 Å². The van der Waals surface area contributed by atoms with Crippen LogP contribution in [0.5, 0.6) is 0 Å². The van der Waals surface area contributed by atoms with E-state index in [9.17, 15) is 8.42 Å². The van der Waals surface area contributed by atoms with Crippen molar-refractivity contribution < 1.29 is 8.42 Å². The van der Waals surface area contributed by atoms with Crippen molar-refractivity contribution in [1.29, 1.82) is 0 Å². The van der Waals surface area contributed by atoms with E-state index >= 15 is 0 Å². The molecule has 1 N–H and O–H groups in total. The molecule has 0 bridgehead atoms. The van der Waals surface area contributed by atoms with Gasteiger partial charge in [-0.2, -0.15) is 0 Å². The Hall–Kier alpha value is 0.160. The van der Waals surface area contributed by atoms with Gasteiger partial charge in [-0.25, -0.2) is 13.1 Å². The van der Waals surface area contributed by atoms with Crippen molar-refractivity contribution in [1.82, 2.24) is 9.62 Å². The highest BCUT2D eigenvalue weighted by Gasteiger charge is 1.98. The van der Waals surface area contributed by atoms with Gasteiger partial charge in [0.25, 0.3) is 0 Å². The SMILES string of the molecule is CN(C)CCNS(C)(=O)=O.Cl. The van der Waals surface area contributed by atoms with E-state index in [4.69, 9.17) is 0 Å². The Labute approximate surface area is 74.4 Å².